The van der Waals surface area contributed by atoms with Crippen molar-refractivity contribution in [3.63, 3.8) is 0 Å². The number of carbonyl (C=O) groups excluding carboxylic acids is 1. The lowest BCUT2D eigenvalue weighted by atomic mass is 9.86. The zero-order chi connectivity index (χ0) is 23.1. The molecule has 34 heavy (non-hydrogen) atoms. The maximum Gasteiger partial charge on any atom is 0.253 e. The van der Waals surface area contributed by atoms with Crippen LogP contribution in [0.3, 0.4) is 0 Å². The number of para-hydroxylation sites is 2. The number of aromatic nitrogens is 1. The number of nitrogens with zero attached hydrogens (tertiary/aromatic N) is 2. The molecule has 6 rings (SSSR count). The average molecular weight is 461 g/mol. The predicted molar refractivity (Wildman–Crippen MR) is 126 cm³/mol. The minimum Gasteiger partial charge on any atom is -0.493 e. The Labute approximate surface area is 198 Å². The van der Waals surface area contributed by atoms with Crippen molar-refractivity contribution in [3.8, 4) is 22.9 Å². The quantitative estimate of drug-likeness (QED) is 0.585. The van der Waals surface area contributed by atoms with E-state index in [9.17, 15) is 4.79 Å². The van der Waals surface area contributed by atoms with E-state index in [4.69, 9.17) is 18.9 Å². The fourth-order valence-corrected chi connectivity index (χ4v) is 5.26. The molecule has 0 radical (unpaired) electrons. The van der Waals surface area contributed by atoms with Crippen LogP contribution in [0.15, 0.2) is 60.8 Å². The second-order valence-corrected chi connectivity index (χ2v) is 9.09. The fraction of sp³-hybridized carbons (Fsp3) is 0.370. The first-order chi connectivity index (χ1) is 16.7. The molecule has 1 atom stereocenters. The molecule has 1 aromatic heterocycles. The van der Waals surface area contributed by atoms with Crippen molar-refractivity contribution in [1.82, 2.24) is 9.47 Å². The van der Waals surface area contributed by atoms with Crippen LogP contribution in [-0.2, 0) is 10.3 Å². The van der Waals surface area contributed by atoms with Crippen LogP contribution in [0.2, 0.25) is 0 Å². The van der Waals surface area contributed by atoms with Crippen molar-refractivity contribution in [1.29, 1.82) is 0 Å². The Balaban J connectivity index is 1.19. The van der Waals surface area contributed by atoms with E-state index in [1.54, 1.807) is 13.2 Å². The summed E-state index contributed by atoms with van der Waals surface area (Å²) < 4.78 is 25.7. The van der Waals surface area contributed by atoms with Crippen LogP contribution in [0.5, 0.6) is 17.2 Å². The molecule has 4 heterocycles. The third kappa shape index (κ3) is 3.51. The molecule has 3 aliphatic rings. The van der Waals surface area contributed by atoms with E-state index in [0.717, 1.165) is 36.4 Å². The summed E-state index contributed by atoms with van der Waals surface area (Å²) in [4.78, 5) is 15.3. The highest BCUT2D eigenvalue weighted by Gasteiger charge is 2.44. The summed E-state index contributed by atoms with van der Waals surface area (Å²) in [5.74, 6) is 2.09. The second-order valence-electron chi connectivity index (χ2n) is 9.09. The second kappa shape index (κ2) is 8.40. The van der Waals surface area contributed by atoms with Crippen molar-refractivity contribution < 1.29 is 23.7 Å². The molecule has 0 saturated carbocycles. The lowest BCUT2D eigenvalue weighted by Crippen LogP contribution is -2.50. The molecule has 0 bridgehead atoms. The van der Waals surface area contributed by atoms with Crippen LogP contribution in [0.4, 0.5) is 0 Å². The topological polar surface area (TPSA) is 62.2 Å². The summed E-state index contributed by atoms with van der Waals surface area (Å²) in [6, 6.07) is 17.7. The van der Waals surface area contributed by atoms with Crippen LogP contribution in [-0.4, -0.2) is 54.9 Å². The first kappa shape index (κ1) is 21.1. The number of likely N-dealkylation sites (tertiary alicyclic amines) is 1. The number of methoxy groups -OCH3 is 1. The van der Waals surface area contributed by atoms with Crippen LogP contribution in [0.1, 0.15) is 35.3 Å². The van der Waals surface area contributed by atoms with Gasteiger partial charge in [-0.3, -0.25) is 4.79 Å². The van der Waals surface area contributed by atoms with E-state index < -0.39 is 5.60 Å². The van der Waals surface area contributed by atoms with Gasteiger partial charge in [-0.1, -0.05) is 12.1 Å². The van der Waals surface area contributed by atoms with Gasteiger partial charge in [0.15, 0.2) is 17.1 Å². The SMILES string of the molecule is COc1cc(C(=O)N2CCC3(CC2)Oc2ccccc2-n2cccc23)ccc1O[C@@H]1CCOC1. The van der Waals surface area contributed by atoms with Gasteiger partial charge >= 0.3 is 0 Å². The van der Waals surface area contributed by atoms with Gasteiger partial charge in [0.1, 0.15) is 11.9 Å². The first-order valence-electron chi connectivity index (χ1n) is 11.8. The number of carbonyl (C=O) groups is 1. The van der Waals surface area contributed by atoms with Gasteiger partial charge in [0.05, 0.1) is 31.7 Å². The molecule has 1 amide bonds. The molecular weight excluding hydrogens is 432 g/mol. The molecule has 176 valence electrons. The van der Waals surface area contributed by atoms with E-state index in [2.05, 4.69) is 29.0 Å². The summed E-state index contributed by atoms with van der Waals surface area (Å²) >= 11 is 0. The van der Waals surface area contributed by atoms with Gasteiger partial charge in [-0.15, -0.1) is 0 Å². The molecule has 0 N–H and O–H groups in total. The van der Waals surface area contributed by atoms with Gasteiger partial charge in [0.2, 0.25) is 0 Å². The van der Waals surface area contributed by atoms with Crippen LogP contribution >= 0.6 is 0 Å². The Morgan fingerprint density at radius 1 is 1.06 bits per heavy atom. The van der Waals surface area contributed by atoms with Crippen LogP contribution < -0.4 is 14.2 Å². The molecule has 2 aromatic carbocycles. The number of benzene rings is 2. The van der Waals surface area contributed by atoms with Gasteiger partial charge in [-0.05, 0) is 42.5 Å². The standard InChI is InChI=1S/C27H28N2O5/c1-31-24-17-19(8-9-23(24)33-20-10-16-32-18-20)26(30)28-14-11-27(12-15-28)25-7-4-13-29(25)21-5-2-3-6-22(21)34-27/h2-9,13,17,20H,10-12,14-16,18H2,1H3/t20-/m1/s1. The molecule has 3 aliphatic heterocycles. The van der Waals surface area contributed by atoms with Crippen molar-refractivity contribution in [2.45, 2.75) is 31.0 Å². The minimum atomic E-state index is -0.423. The van der Waals surface area contributed by atoms with Crippen molar-refractivity contribution in [2.24, 2.45) is 0 Å². The molecule has 1 spiro atoms. The number of hydrogen-bond acceptors (Lipinski definition) is 5. The van der Waals surface area contributed by atoms with Crippen molar-refractivity contribution in [3.05, 3.63) is 72.1 Å². The molecule has 0 aliphatic carbocycles. The maximum absolute atomic E-state index is 13.4. The highest BCUT2D eigenvalue weighted by atomic mass is 16.6. The molecule has 2 saturated heterocycles. The number of ether oxygens (including phenoxy) is 4. The predicted octanol–water partition coefficient (Wildman–Crippen LogP) is 4.18. The minimum absolute atomic E-state index is 0.00417. The first-order valence-corrected chi connectivity index (χ1v) is 11.8. The van der Waals surface area contributed by atoms with Crippen molar-refractivity contribution in [2.75, 3.05) is 33.4 Å². The van der Waals surface area contributed by atoms with E-state index in [0.29, 0.717) is 43.4 Å². The molecule has 7 heteroatoms. The number of amides is 1. The zero-order valence-electron chi connectivity index (χ0n) is 19.2. The molecule has 3 aromatic rings. The normalized spacial score (nSPS) is 20.4. The van der Waals surface area contributed by atoms with Crippen LogP contribution in [0.25, 0.3) is 5.69 Å². The Hall–Kier alpha value is -3.45. The van der Waals surface area contributed by atoms with Gasteiger partial charge in [0, 0.05) is 44.1 Å². The molecule has 0 unspecified atom stereocenters. The molecule has 2 fully saturated rings. The lowest BCUT2D eigenvalue weighted by Gasteiger charge is -2.45. The van der Waals surface area contributed by atoms with Crippen LogP contribution in [0, 0.1) is 0 Å². The number of fused-ring (bicyclic) bond motifs is 4. The Morgan fingerprint density at radius 2 is 1.91 bits per heavy atom. The molecule has 7 nitrogen and oxygen atoms in total. The Kier molecular flexibility index (Phi) is 5.21. The van der Waals surface area contributed by atoms with Gasteiger partial charge in [-0.2, -0.15) is 0 Å². The Bertz CT molecular complexity index is 1210. The average Bonchev–Trinajstić information content (AvgIpc) is 3.58. The van der Waals surface area contributed by atoms with E-state index in [1.807, 2.05) is 35.2 Å². The highest BCUT2D eigenvalue weighted by Crippen LogP contribution is 2.45. The lowest BCUT2D eigenvalue weighted by molar-refractivity contribution is -0.00931. The molecular formula is C27H28N2O5. The third-order valence-electron chi connectivity index (χ3n) is 7.10. The van der Waals surface area contributed by atoms with E-state index in [1.165, 1.54) is 0 Å². The summed E-state index contributed by atoms with van der Waals surface area (Å²) in [7, 11) is 1.60. The smallest absolute Gasteiger partial charge is 0.253 e. The number of rotatable bonds is 4. The number of hydrogen-bond donors (Lipinski definition) is 0. The maximum atomic E-state index is 13.4. The zero-order valence-corrected chi connectivity index (χ0v) is 19.2. The van der Waals surface area contributed by atoms with Gasteiger partial charge in [0.25, 0.3) is 5.91 Å². The highest BCUT2D eigenvalue weighted by molar-refractivity contribution is 5.95. The third-order valence-corrected chi connectivity index (χ3v) is 7.10. The summed E-state index contributed by atoms with van der Waals surface area (Å²) in [5.41, 5.74) is 2.39. The summed E-state index contributed by atoms with van der Waals surface area (Å²) in [5, 5.41) is 0. The van der Waals surface area contributed by atoms with E-state index >= 15 is 0 Å². The Morgan fingerprint density at radius 3 is 2.71 bits per heavy atom. The monoisotopic (exact) mass is 460 g/mol. The van der Waals surface area contributed by atoms with Gasteiger partial charge in [-0.25, -0.2) is 0 Å². The van der Waals surface area contributed by atoms with E-state index in [-0.39, 0.29) is 12.0 Å². The number of piperidine rings is 1. The van der Waals surface area contributed by atoms with Gasteiger partial charge < -0.3 is 28.4 Å². The summed E-state index contributed by atoms with van der Waals surface area (Å²) in [6.45, 7) is 2.52. The summed E-state index contributed by atoms with van der Waals surface area (Å²) in [6.07, 6.45) is 4.43. The fourth-order valence-electron chi connectivity index (χ4n) is 5.26. The largest absolute Gasteiger partial charge is 0.493 e. The van der Waals surface area contributed by atoms with Crippen molar-refractivity contribution >= 4 is 5.91 Å².